The minimum absolute atomic E-state index is 0.192. The number of hydrogen-bond acceptors (Lipinski definition) is 8. The molecule has 2 aromatic heterocycles. The molecule has 0 aliphatic heterocycles. The standard InChI is InChI=1S/2C22H20Cl2N2O3/c2*1-12-5-7-15(8-6-12)18(27)11-29-22-19(14(3)25-26(22)4)21(28)16-9-10-17(23)13(2)20(16)24/h2*5-10H,11H2,1-4H3. The van der Waals surface area contributed by atoms with Crippen LogP contribution in [0.1, 0.15) is 86.2 Å². The van der Waals surface area contributed by atoms with E-state index in [-0.39, 0.29) is 69.3 Å². The summed E-state index contributed by atoms with van der Waals surface area (Å²) in [6, 6.07) is 20.9. The van der Waals surface area contributed by atoms with Gasteiger partial charge in [-0.3, -0.25) is 19.2 Å². The van der Waals surface area contributed by atoms with Gasteiger partial charge in [0.1, 0.15) is 11.1 Å². The van der Waals surface area contributed by atoms with Crippen molar-refractivity contribution in [1.29, 1.82) is 0 Å². The molecule has 0 saturated carbocycles. The Morgan fingerprint density at radius 1 is 0.517 bits per heavy atom. The van der Waals surface area contributed by atoms with Gasteiger partial charge in [-0.15, -0.1) is 0 Å². The van der Waals surface area contributed by atoms with E-state index in [1.165, 1.54) is 9.36 Å². The molecule has 0 aliphatic rings. The summed E-state index contributed by atoms with van der Waals surface area (Å²) in [6.07, 6.45) is 0. The molecule has 0 spiro atoms. The highest BCUT2D eigenvalue weighted by Crippen LogP contribution is 2.34. The van der Waals surface area contributed by atoms with Crippen LogP contribution in [-0.2, 0) is 14.1 Å². The van der Waals surface area contributed by atoms with Crippen molar-refractivity contribution in [2.45, 2.75) is 41.5 Å². The molecule has 0 bridgehead atoms. The number of carbonyl (C=O) groups is 4. The lowest BCUT2D eigenvalue weighted by Gasteiger charge is -2.11. The number of aromatic nitrogens is 4. The summed E-state index contributed by atoms with van der Waals surface area (Å²) in [5, 5.41) is 10.1. The Balaban J connectivity index is 0.000000221. The molecule has 2 heterocycles. The lowest BCUT2D eigenvalue weighted by atomic mass is 10.0. The normalized spacial score (nSPS) is 10.8. The van der Waals surface area contributed by atoms with Crippen molar-refractivity contribution in [3.05, 3.63) is 160 Å². The smallest absolute Gasteiger partial charge is 0.223 e. The Morgan fingerprint density at radius 3 is 1.17 bits per heavy atom. The van der Waals surface area contributed by atoms with Crippen LogP contribution in [-0.4, -0.2) is 55.9 Å². The van der Waals surface area contributed by atoms with Crippen LogP contribution in [0.15, 0.2) is 72.8 Å². The molecule has 14 heteroatoms. The predicted molar refractivity (Wildman–Crippen MR) is 227 cm³/mol. The molecule has 6 aromatic rings. The number of halogens is 4. The van der Waals surface area contributed by atoms with E-state index in [2.05, 4.69) is 10.2 Å². The summed E-state index contributed by atoms with van der Waals surface area (Å²) >= 11 is 24.9. The molecule has 10 nitrogen and oxygen atoms in total. The maximum Gasteiger partial charge on any atom is 0.223 e. The van der Waals surface area contributed by atoms with Crippen molar-refractivity contribution < 1.29 is 28.7 Å². The first-order chi connectivity index (χ1) is 27.4. The summed E-state index contributed by atoms with van der Waals surface area (Å²) in [5.74, 6) is -0.616. The second-order valence-corrected chi connectivity index (χ2v) is 15.2. The van der Waals surface area contributed by atoms with Crippen LogP contribution in [0, 0.1) is 41.5 Å². The Morgan fingerprint density at radius 2 is 0.845 bits per heavy atom. The maximum atomic E-state index is 13.2. The largest absolute Gasteiger partial charge is 0.469 e. The van der Waals surface area contributed by atoms with E-state index < -0.39 is 0 Å². The molecular formula is C44H40Cl4N4O6. The molecule has 0 amide bonds. The van der Waals surface area contributed by atoms with Crippen LogP contribution in [0.2, 0.25) is 20.1 Å². The summed E-state index contributed by atoms with van der Waals surface area (Å²) < 4.78 is 14.4. The average Bonchev–Trinajstić information content (AvgIpc) is 3.65. The van der Waals surface area contributed by atoms with Gasteiger partial charge in [-0.2, -0.15) is 10.2 Å². The highest BCUT2D eigenvalue weighted by atomic mass is 35.5. The highest BCUT2D eigenvalue weighted by Gasteiger charge is 2.28. The van der Waals surface area contributed by atoms with E-state index in [1.807, 2.05) is 38.1 Å². The van der Waals surface area contributed by atoms with Crippen molar-refractivity contribution in [3.63, 3.8) is 0 Å². The molecule has 0 N–H and O–H groups in total. The highest BCUT2D eigenvalue weighted by molar-refractivity contribution is 6.39. The second-order valence-electron chi connectivity index (χ2n) is 13.7. The molecule has 58 heavy (non-hydrogen) atoms. The Hall–Kier alpha value is -5.26. The van der Waals surface area contributed by atoms with Gasteiger partial charge in [0.15, 0.2) is 24.8 Å². The summed E-state index contributed by atoms with van der Waals surface area (Å²) in [7, 11) is 3.31. The van der Waals surface area contributed by atoms with E-state index in [0.717, 1.165) is 11.1 Å². The van der Waals surface area contributed by atoms with Crippen LogP contribution < -0.4 is 9.47 Å². The van der Waals surface area contributed by atoms with Crippen LogP contribution in [0.25, 0.3) is 0 Å². The number of aryl methyl sites for hydroxylation is 6. The van der Waals surface area contributed by atoms with Crippen molar-refractivity contribution in [2.75, 3.05) is 13.2 Å². The molecule has 0 aliphatic carbocycles. The molecule has 0 radical (unpaired) electrons. The summed E-state index contributed by atoms with van der Waals surface area (Å²) in [5.41, 5.74) is 6.57. The van der Waals surface area contributed by atoms with Crippen molar-refractivity contribution in [3.8, 4) is 11.8 Å². The molecule has 0 saturated heterocycles. The van der Waals surface area contributed by atoms with Gasteiger partial charge >= 0.3 is 0 Å². The van der Waals surface area contributed by atoms with E-state index in [1.54, 1.807) is 90.3 Å². The first kappa shape index (κ1) is 43.9. The quantitative estimate of drug-likeness (QED) is 0.112. The van der Waals surface area contributed by atoms with Crippen molar-refractivity contribution >= 4 is 69.5 Å². The zero-order valence-corrected chi connectivity index (χ0v) is 36.1. The number of carbonyl (C=O) groups excluding carboxylic acids is 4. The Bertz CT molecular complexity index is 2380. The van der Waals surface area contributed by atoms with E-state index >= 15 is 0 Å². The van der Waals surface area contributed by atoms with Crippen molar-refractivity contribution in [1.82, 2.24) is 19.6 Å². The number of ether oxygens (including phenoxy) is 2. The fraction of sp³-hybridized carbons (Fsp3) is 0.227. The molecule has 4 aromatic carbocycles. The number of nitrogens with zero attached hydrogens (tertiary/aromatic N) is 4. The number of hydrogen-bond donors (Lipinski definition) is 0. The second kappa shape index (κ2) is 18.6. The van der Waals surface area contributed by atoms with Gasteiger partial charge in [0.25, 0.3) is 0 Å². The minimum atomic E-state index is -0.335. The Labute approximate surface area is 356 Å². The van der Waals surface area contributed by atoms with E-state index in [9.17, 15) is 19.2 Å². The van der Waals surface area contributed by atoms with Crippen LogP contribution in [0.3, 0.4) is 0 Å². The minimum Gasteiger partial charge on any atom is -0.469 e. The van der Waals surface area contributed by atoms with Gasteiger partial charge in [-0.05, 0) is 76.9 Å². The van der Waals surface area contributed by atoms with Crippen LogP contribution >= 0.6 is 46.4 Å². The molecule has 6 rings (SSSR count). The van der Waals surface area contributed by atoms with E-state index in [0.29, 0.717) is 54.8 Å². The topological polar surface area (TPSA) is 122 Å². The fourth-order valence-corrected chi connectivity index (χ4v) is 6.90. The molecule has 0 unspecified atom stereocenters. The zero-order chi connectivity index (χ0) is 42.6. The lowest BCUT2D eigenvalue weighted by molar-refractivity contribution is 0.0904. The van der Waals surface area contributed by atoms with Gasteiger partial charge in [0, 0.05) is 46.4 Å². The summed E-state index contributed by atoms with van der Waals surface area (Å²) in [6.45, 7) is 10.4. The molecule has 0 fully saturated rings. The van der Waals surface area contributed by atoms with Gasteiger partial charge in [0.2, 0.25) is 23.3 Å². The van der Waals surface area contributed by atoms with Crippen molar-refractivity contribution in [2.24, 2.45) is 14.1 Å². The lowest BCUT2D eigenvalue weighted by Crippen LogP contribution is -2.15. The third kappa shape index (κ3) is 9.54. The number of benzene rings is 4. The number of Topliss-reactive ketones (excluding diaryl/α,β-unsaturated/α-hetero) is 2. The number of ketones is 4. The maximum absolute atomic E-state index is 13.2. The van der Waals surface area contributed by atoms with E-state index in [4.69, 9.17) is 55.9 Å². The predicted octanol–water partition coefficient (Wildman–Crippen LogP) is 10.3. The molecule has 0 atom stereocenters. The Kier molecular flexibility index (Phi) is 14.0. The molecule has 300 valence electrons. The van der Waals surface area contributed by atoms with Crippen LogP contribution in [0.4, 0.5) is 0 Å². The first-order valence-electron chi connectivity index (χ1n) is 17.9. The van der Waals surface area contributed by atoms with Crippen LogP contribution in [0.5, 0.6) is 11.8 Å². The average molecular weight is 863 g/mol. The summed E-state index contributed by atoms with van der Waals surface area (Å²) in [4.78, 5) is 51.3. The third-order valence-electron chi connectivity index (χ3n) is 9.35. The van der Waals surface area contributed by atoms with Gasteiger partial charge < -0.3 is 9.47 Å². The number of rotatable bonds is 12. The van der Waals surface area contributed by atoms with Gasteiger partial charge in [0.05, 0.1) is 21.4 Å². The van der Waals surface area contributed by atoms with Gasteiger partial charge in [-0.25, -0.2) is 9.36 Å². The third-order valence-corrected chi connectivity index (χ3v) is 11.1. The SMILES string of the molecule is Cc1ccc(C(=O)COc2c(C(=O)c3ccc(Cl)c(C)c3Cl)c(C)nn2C)cc1.Cc1ccc(C(=O)COc2c(C(=O)c3ccc(Cl)c(C)c3Cl)c(C)nn2C)cc1. The fourth-order valence-electron chi connectivity index (χ4n) is 5.98. The zero-order valence-electron chi connectivity index (χ0n) is 33.1. The molecular weight excluding hydrogens is 822 g/mol. The first-order valence-corrected chi connectivity index (χ1v) is 19.4. The monoisotopic (exact) mass is 860 g/mol. The van der Waals surface area contributed by atoms with Gasteiger partial charge in [-0.1, -0.05) is 106 Å².